The summed E-state index contributed by atoms with van der Waals surface area (Å²) in [7, 11) is 0. The largest absolute Gasteiger partial charge is 0.488 e. The fourth-order valence-electron chi connectivity index (χ4n) is 2.94. The molecule has 0 saturated carbocycles. The van der Waals surface area contributed by atoms with E-state index in [1.54, 1.807) is 6.20 Å². The molecular weight excluding hydrogens is 290 g/mol. The number of amides is 1. The molecule has 0 bridgehead atoms. The number of carbonyl (C=O) groups is 1. The zero-order valence-electron chi connectivity index (χ0n) is 13.8. The van der Waals surface area contributed by atoms with Gasteiger partial charge in [0, 0.05) is 24.2 Å². The molecule has 1 amide bonds. The quantitative estimate of drug-likeness (QED) is 0.823. The number of fused-ring (bicyclic) bond motifs is 3. The van der Waals surface area contributed by atoms with Crippen LogP contribution in [0.3, 0.4) is 0 Å². The van der Waals surface area contributed by atoms with Gasteiger partial charge in [0.15, 0.2) is 0 Å². The van der Waals surface area contributed by atoms with Gasteiger partial charge < -0.3 is 9.64 Å². The minimum atomic E-state index is 0.121. The third-order valence-electron chi connectivity index (χ3n) is 4.24. The van der Waals surface area contributed by atoms with Crippen LogP contribution in [0.5, 0.6) is 5.75 Å². The van der Waals surface area contributed by atoms with Gasteiger partial charge in [-0.3, -0.25) is 9.48 Å². The second kappa shape index (κ2) is 6.86. The molecule has 23 heavy (non-hydrogen) atoms. The van der Waals surface area contributed by atoms with Crippen LogP contribution in [-0.4, -0.2) is 33.7 Å². The SMILES string of the molecule is CCCCN(CC)C(=O)Cn1ncc2c1-c1ccccc1OC2. The van der Waals surface area contributed by atoms with Crippen LogP contribution in [0, 0.1) is 0 Å². The first-order valence-electron chi connectivity index (χ1n) is 8.29. The summed E-state index contributed by atoms with van der Waals surface area (Å²) in [6.07, 6.45) is 3.93. The molecule has 0 atom stereocenters. The average Bonchev–Trinajstić information content (AvgIpc) is 2.99. The van der Waals surface area contributed by atoms with Crippen molar-refractivity contribution in [3.63, 3.8) is 0 Å². The van der Waals surface area contributed by atoms with Crippen molar-refractivity contribution in [1.82, 2.24) is 14.7 Å². The third kappa shape index (κ3) is 3.09. The summed E-state index contributed by atoms with van der Waals surface area (Å²) in [5.41, 5.74) is 3.05. The third-order valence-corrected chi connectivity index (χ3v) is 4.24. The van der Waals surface area contributed by atoms with Crippen LogP contribution in [0.4, 0.5) is 0 Å². The summed E-state index contributed by atoms with van der Waals surface area (Å²) < 4.78 is 7.55. The van der Waals surface area contributed by atoms with E-state index in [2.05, 4.69) is 12.0 Å². The second-order valence-corrected chi connectivity index (χ2v) is 5.79. The van der Waals surface area contributed by atoms with E-state index in [9.17, 15) is 4.79 Å². The Morgan fingerprint density at radius 3 is 2.96 bits per heavy atom. The van der Waals surface area contributed by atoms with E-state index in [1.165, 1.54) is 0 Å². The Labute approximate surface area is 136 Å². The Balaban J connectivity index is 1.84. The predicted molar refractivity (Wildman–Crippen MR) is 89.2 cm³/mol. The van der Waals surface area contributed by atoms with Crippen molar-refractivity contribution in [1.29, 1.82) is 0 Å². The van der Waals surface area contributed by atoms with Crippen molar-refractivity contribution >= 4 is 5.91 Å². The van der Waals surface area contributed by atoms with Gasteiger partial charge in [-0.2, -0.15) is 5.10 Å². The molecule has 0 fully saturated rings. The molecule has 2 heterocycles. The lowest BCUT2D eigenvalue weighted by Crippen LogP contribution is -2.35. The number of ether oxygens (including phenoxy) is 1. The van der Waals surface area contributed by atoms with Gasteiger partial charge in [-0.15, -0.1) is 0 Å². The lowest BCUT2D eigenvalue weighted by Gasteiger charge is -2.22. The van der Waals surface area contributed by atoms with Gasteiger partial charge in [-0.05, 0) is 25.5 Å². The Morgan fingerprint density at radius 1 is 1.35 bits per heavy atom. The van der Waals surface area contributed by atoms with E-state index in [-0.39, 0.29) is 12.5 Å². The summed E-state index contributed by atoms with van der Waals surface area (Å²) in [4.78, 5) is 14.5. The highest BCUT2D eigenvalue weighted by Gasteiger charge is 2.23. The Kier molecular flexibility index (Phi) is 4.65. The number of hydrogen-bond acceptors (Lipinski definition) is 3. The van der Waals surface area contributed by atoms with Gasteiger partial charge in [-0.25, -0.2) is 0 Å². The van der Waals surface area contributed by atoms with Crippen molar-refractivity contribution in [2.24, 2.45) is 0 Å². The predicted octanol–water partition coefficient (Wildman–Crippen LogP) is 3.09. The molecule has 122 valence electrons. The highest BCUT2D eigenvalue weighted by molar-refractivity contribution is 5.78. The number of likely N-dealkylation sites (N-methyl/N-ethyl adjacent to an activating group) is 1. The number of benzene rings is 1. The van der Waals surface area contributed by atoms with Crippen molar-refractivity contribution < 1.29 is 9.53 Å². The van der Waals surface area contributed by atoms with Gasteiger partial charge in [0.25, 0.3) is 0 Å². The molecule has 0 N–H and O–H groups in total. The first kappa shape index (κ1) is 15.6. The van der Waals surface area contributed by atoms with Gasteiger partial charge in [0.05, 0.1) is 11.9 Å². The first-order valence-corrected chi connectivity index (χ1v) is 8.29. The molecule has 0 spiro atoms. The van der Waals surface area contributed by atoms with Crippen LogP contribution in [-0.2, 0) is 17.9 Å². The van der Waals surface area contributed by atoms with Crippen LogP contribution in [0.25, 0.3) is 11.3 Å². The Hall–Kier alpha value is -2.30. The molecule has 1 aromatic heterocycles. The molecule has 0 unspecified atom stereocenters. The highest BCUT2D eigenvalue weighted by Crippen LogP contribution is 2.36. The van der Waals surface area contributed by atoms with Crippen LogP contribution in [0.2, 0.25) is 0 Å². The summed E-state index contributed by atoms with van der Waals surface area (Å²) in [5, 5.41) is 4.42. The van der Waals surface area contributed by atoms with Crippen LogP contribution in [0.1, 0.15) is 32.3 Å². The summed E-state index contributed by atoms with van der Waals surface area (Å²) in [5.74, 6) is 0.975. The Morgan fingerprint density at radius 2 is 2.17 bits per heavy atom. The molecule has 0 saturated heterocycles. The standard InChI is InChI=1S/C18H23N3O2/c1-3-5-10-20(4-2)17(22)12-21-18-14(11-19-21)13-23-16-9-7-6-8-15(16)18/h6-9,11H,3-5,10,12-13H2,1-2H3. The molecule has 5 heteroatoms. The van der Waals surface area contributed by atoms with Crippen molar-refractivity contribution in [2.45, 2.75) is 39.8 Å². The van der Waals surface area contributed by atoms with E-state index in [4.69, 9.17) is 4.74 Å². The number of aromatic nitrogens is 2. The van der Waals surface area contributed by atoms with Crippen LogP contribution in [0.15, 0.2) is 30.5 Å². The lowest BCUT2D eigenvalue weighted by atomic mass is 10.0. The summed E-state index contributed by atoms with van der Waals surface area (Å²) in [6.45, 7) is 6.50. The minimum absolute atomic E-state index is 0.121. The molecule has 0 aliphatic carbocycles. The second-order valence-electron chi connectivity index (χ2n) is 5.79. The Bertz CT molecular complexity index is 693. The maximum absolute atomic E-state index is 12.6. The molecule has 2 aromatic rings. The highest BCUT2D eigenvalue weighted by atomic mass is 16.5. The normalized spacial score (nSPS) is 12.3. The van der Waals surface area contributed by atoms with Gasteiger partial charge in [0.1, 0.15) is 18.9 Å². The van der Waals surface area contributed by atoms with Gasteiger partial charge in [0.2, 0.25) is 5.91 Å². The summed E-state index contributed by atoms with van der Waals surface area (Å²) in [6, 6.07) is 7.91. The van der Waals surface area contributed by atoms with Gasteiger partial charge in [-0.1, -0.05) is 25.5 Å². The molecule has 0 radical (unpaired) electrons. The molecule has 1 aromatic carbocycles. The maximum atomic E-state index is 12.6. The number of rotatable bonds is 6. The smallest absolute Gasteiger partial charge is 0.244 e. The number of unbranched alkanes of at least 4 members (excludes halogenated alkanes) is 1. The van der Waals surface area contributed by atoms with E-state index < -0.39 is 0 Å². The maximum Gasteiger partial charge on any atom is 0.244 e. The van der Waals surface area contributed by atoms with E-state index in [1.807, 2.05) is 40.8 Å². The van der Waals surface area contributed by atoms with Crippen LogP contribution >= 0.6 is 0 Å². The van der Waals surface area contributed by atoms with Crippen LogP contribution < -0.4 is 4.74 Å². The van der Waals surface area contributed by atoms with Crippen molar-refractivity contribution in [3.8, 4) is 17.0 Å². The lowest BCUT2D eigenvalue weighted by molar-refractivity contribution is -0.131. The number of carbonyl (C=O) groups excluding carboxylic acids is 1. The molecule has 5 nitrogen and oxygen atoms in total. The average molecular weight is 313 g/mol. The zero-order chi connectivity index (χ0) is 16.2. The van der Waals surface area contributed by atoms with E-state index in [0.717, 1.165) is 48.5 Å². The molecule has 1 aliphatic heterocycles. The van der Waals surface area contributed by atoms with E-state index in [0.29, 0.717) is 6.61 Å². The molecule has 3 rings (SSSR count). The number of para-hydroxylation sites is 1. The van der Waals surface area contributed by atoms with E-state index >= 15 is 0 Å². The van der Waals surface area contributed by atoms with Crippen molar-refractivity contribution in [2.75, 3.05) is 13.1 Å². The fourth-order valence-corrected chi connectivity index (χ4v) is 2.94. The minimum Gasteiger partial charge on any atom is -0.488 e. The fraction of sp³-hybridized carbons (Fsp3) is 0.444. The number of nitrogens with zero attached hydrogens (tertiary/aromatic N) is 3. The summed E-state index contributed by atoms with van der Waals surface area (Å²) >= 11 is 0. The molecular formula is C18H23N3O2. The van der Waals surface area contributed by atoms with Gasteiger partial charge >= 0.3 is 0 Å². The van der Waals surface area contributed by atoms with Crippen molar-refractivity contribution in [3.05, 3.63) is 36.0 Å². The first-order chi connectivity index (χ1) is 11.2. The zero-order valence-corrected chi connectivity index (χ0v) is 13.8. The molecule has 1 aliphatic rings. The number of hydrogen-bond donors (Lipinski definition) is 0. The monoisotopic (exact) mass is 313 g/mol. The topological polar surface area (TPSA) is 47.4 Å².